The zero-order valence-electron chi connectivity index (χ0n) is 9.50. The summed E-state index contributed by atoms with van der Waals surface area (Å²) in [7, 11) is 0. The first-order valence-electron chi connectivity index (χ1n) is 5.38. The van der Waals surface area contributed by atoms with Crippen LogP contribution in [0.1, 0.15) is 10.4 Å². The topological polar surface area (TPSA) is 67.8 Å². The number of nitrogens with one attached hydrogen (secondary N) is 1. The smallest absolute Gasteiger partial charge is 0.255 e. The minimum atomic E-state index is -0.259. The lowest BCUT2D eigenvalue weighted by atomic mass is 10.2. The van der Waals surface area contributed by atoms with E-state index in [1.807, 2.05) is 0 Å². The monoisotopic (exact) mass is 290 g/mol. The summed E-state index contributed by atoms with van der Waals surface area (Å²) in [4.78, 5) is 16.0. The Bertz CT molecular complexity index is 758. The van der Waals surface area contributed by atoms with Gasteiger partial charge in [0.15, 0.2) is 5.15 Å². The maximum atomic E-state index is 12.1. The maximum Gasteiger partial charge on any atom is 0.255 e. The van der Waals surface area contributed by atoms with Crippen LogP contribution in [-0.4, -0.2) is 19.6 Å². The van der Waals surface area contributed by atoms with E-state index in [-0.39, 0.29) is 11.1 Å². The van der Waals surface area contributed by atoms with Crippen LogP contribution in [0.3, 0.4) is 0 Å². The van der Waals surface area contributed by atoms with Gasteiger partial charge in [-0.25, -0.2) is 4.98 Å². The number of benzene rings is 1. The zero-order valence-corrected chi connectivity index (χ0v) is 11.1. The molecule has 1 amide bonds. The Morgan fingerprint density at radius 3 is 2.89 bits per heavy atom. The summed E-state index contributed by atoms with van der Waals surface area (Å²) in [5.41, 5.74) is 2.46. The second-order valence-electron chi connectivity index (χ2n) is 3.76. The van der Waals surface area contributed by atoms with Gasteiger partial charge in [0.25, 0.3) is 5.91 Å². The number of anilines is 1. The Morgan fingerprint density at radius 1 is 1.21 bits per heavy atom. The fourth-order valence-electron chi connectivity index (χ4n) is 1.60. The molecule has 0 saturated heterocycles. The van der Waals surface area contributed by atoms with Gasteiger partial charge in [-0.3, -0.25) is 4.79 Å². The number of nitrogens with zero attached hydrogens (tertiary/aromatic N) is 3. The van der Waals surface area contributed by atoms with E-state index >= 15 is 0 Å². The number of halogens is 1. The lowest BCUT2D eigenvalue weighted by molar-refractivity contribution is 0.102. The molecule has 2 heterocycles. The summed E-state index contributed by atoms with van der Waals surface area (Å²) in [6, 6.07) is 8.55. The van der Waals surface area contributed by atoms with Gasteiger partial charge < -0.3 is 5.32 Å². The van der Waals surface area contributed by atoms with Gasteiger partial charge >= 0.3 is 0 Å². The second kappa shape index (κ2) is 4.91. The summed E-state index contributed by atoms with van der Waals surface area (Å²) in [5, 5.41) is 2.96. The SMILES string of the molecule is O=C(Nc1cccnc1Cl)c1ccc2nsnc2c1. The van der Waals surface area contributed by atoms with Gasteiger partial charge in [0.1, 0.15) is 11.0 Å². The predicted molar refractivity (Wildman–Crippen MR) is 74.6 cm³/mol. The molecule has 0 aliphatic rings. The summed E-state index contributed by atoms with van der Waals surface area (Å²) < 4.78 is 8.18. The normalized spacial score (nSPS) is 10.6. The number of aromatic nitrogens is 3. The highest BCUT2D eigenvalue weighted by Crippen LogP contribution is 2.19. The van der Waals surface area contributed by atoms with Crippen LogP contribution in [0.15, 0.2) is 36.5 Å². The van der Waals surface area contributed by atoms with E-state index in [0.717, 1.165) is 17.2 Å². The molecule has 0 saturated carbocycles. The van der Waals surface area contributed by atoms with Crippen LogP contribution < -0.4 is 5.32 Å². The van der Waals surface area contributed by atoms with E-state index in [1.165, 1.54) is 0 Å². The van der Waals surface area contributed by atoms with E-state index < -0.39 is 0 Å². The fraction of sp³-hybridized carbons (Fsp3) is 0. The highest BCUT2D eigenvalue weighted by Gasteiger charge is 2.10. The molecule has 19 heavy (non-hydrogen) atoms. The molecular formula is C12H7ClN4OS. The number of amides is 1. The zero-order chi connectivity index (χ0) is 13.2. The first-order chi connectivity index (χ1) is 9.24. The third-order valence-corrected chi connectivity index (χ3v) is 3.38. The van der Waals surface area contributed by atoms with Crippen LogP contribution in [0.5, 0.6) is 0 Å². The molecule has 0 radical (unpaired) electrons. The quantitative estimate of drug-likeness (QED) is 0.737. The molecule has 0 spiro atoms. The number of fused-ring (bicyclic) bond motifs is 1. The fourth-order valence-corrected chi connectivity index (χ4v) is 2.28. The van der Waals surface area contributed by atoms with Crippen LogP contribution in [0.2, 0.25) is 5.15 Å². The molecule has 1 N–H and O–H groups in total. The van der Waals surface area contributed by atoms with Crippen LogP contribution >= 0.6 is 23.3 Å². The Labute approximate surface area is 117 Å². The minimum absolute atomic E-state index is 0.257. The van der Waals surface area contributed by atoms with Crippen molar-refractivity contribution >= 4 is 46.0 Å². The van der Waals surface area contributed by atoms with Crippen LogP contribution in [-0.2, 0) is 0 Å². The summed E-state index contributed by atoms with van der Waals surface area (Å²) >= 11 is 7.00. The number of hydrogen-bond acceptors (Lipinski definition) is 5. The Hall–Kier alpha value is -2.05. The van der Waals surface area contributed by atoms with Crippen molar-refractivity contribution in [1.29, 1.82) is 0 Å². The first kappa shape index (κ1) is 12.0. The molecule has 0 aliphatic heterocycles. The maximum absolute atomic E-state index is 12.1. The van der Waals surface area contributed by atoms with Gasteiger partial charge in [0, 0.05) is 11.8 Å². The molecule has 0 fully saturated rings. The number of hydrogen-bond donors (Lipinski definition) is 1. The van der Waals surface area contributed by atoms with Crippen LogP contribution in [0.25, 0.3) is 11.0 Å². The van der Waals surface area contributed by atoms with Gasteiger partial charge in [-0.2, -0.15) is 8.75 Å². The molecule has 5 nitrogen and oxygen atoms in total. The third-order valence-electron chi connectivity index (χ3n) is 2.52. The average molecular weight is 291 g/mol. The molecule has 3 aromatic rings. The molecule has 1 aromatic carbocycles. The van der Waals surface area contributed by atoms with Crippen molar-refractivity contribution in [3.8, 4) is 0 Å². The molecule has 94 valence electrons. The molecule has 2 aromatic heterocycles. The van der Waals surface area contributed by atoms with E-state index in [0.29, 0.717) is 16.8 Å². The highest BCUT2D eigenvalue weighted by molar-refractivity contribution is 7.00. The van der Waals surface area contributed by atoms with Crippen molar-refractivity contribution in [2.45, 2.75) is 0 Å². The number of carbonyl (C=O) groups excluding carboxylic acids is 1. The van der Waals surface area contributed by atoms with Crippen molar-refractivity contribution in [1.82, 2.24) is 13.7 Å². The minimum Gasteiger partial charge on any atom is -0.319 e. The van der Waals surface area contributed by atoms with Crippen molar-refractivity contribution in [3.05, 3.63) is 47.2 Å². The summed E-state index contributed by atoms with van der Waals surface area (Å²) in [6.45, 7) is 0. The molecule has 3 rings (SSSR count). The van der Waals surface area contributed by atoms with E-state index in [1.54, 1.807) is 36.5 Å². The van der Waals surface area contributed by atoms with Gasteiger partial charge in [-0.15, -0.1) is 0 Å². The van der Waals surface area contributed by atoms with Crippen molar-refractivity contribution in [2.24, 2.45) is 0 Å². The largest absolute Gasteiger partial charge is 0.319 e. The van der Waals surface area contributed by atoms with Gasteiger partial charge in [0.2, 0.25) is 0 Å². The summed E-state index contributed by atoms with van der Waals surface area (Å²) in [5.74, 6) is -0.259. The van der Waals surface area contributed by atoms with Crippen molar-refractivity contribution in [2.75, 3.05) is 5.32 Å². The lowest BCUT2D eigenvalue weighted by Crippen LogP contribution is -2.12. The molecule has 0 unspecified atom stereocenters. The van der Waals surface area contributed by atoms with Gasteiger partial charge in [-0.05, 0) is 30.3 Å². The lowest BCUT2D eigenvalue weighted by Gasteiger charge is -2.05. The Kier molecular flexibility index (Phi) is 3.10. The standard InChI is InChI=1S/C12H7ClN4OS/c13-11-9(2-1-5-14-11)15-12(18)7-3-4-8-10(6-7)17-19-16-8/h1-6H,(H,15,18). The number of pyridine rings is 1. The number of carbonyl (C=O) groups is 1. The van der Waals surface area contributed by atoms with Crippen LogP contribution in [0.4, 0.5) is 5.69 Å². The molecule has 0 aliphatic carbocycles. The molecule has 7 heteroatoms. The predicted octanol–water partition coefficient (Wildman–Crippen LogP) is 2.99. The van der Waals surface area contributed by atoms with E-state index in [4.69, 9.17) is 11.6 Å². The van der Waals surface area contributed by atoms with E-state index in [9.17, 15) is 4.79 Å². The highest BCUT2D eigenvalue weighted by atomic mass is 35.5. The first-order valence-corrected chi connectivity index (χ1v) is 6.49. The Balaban J connectivity index is 1.89. The molecule has 0 bridgehead atoms. The average Bonchev–Trinajstić information content (AvgIpc) is 2.88. The molecule has 0 atom stereocenters. The third kappa shape index (κ3) is 2.40. The second-order valence-corrected chi connectivity index (χ2v) is 4.65. The van der Waals surface area contributed by atoms with Crippen molar-refractivity contribution < 1.29 is 4.79 Å². The van der Waals surface area contributed by atoms with Crippen LogP contribution in [0, 0.1) is 0 Å². The van der Waals surface area contributed by atoms with E-state index in [2.05, 4.69) is 19.0 Å². The number of rotatable bonds is 2. The molecular weight excluding hydrogens is 284 g/mol. The van der Waals surface area contributed by atoms with Gasteiger partial charge in [0.05, 0.1) is 17.4 Å². The summed E-state index contributed by atoms with van der Waals surface area (Å²) in [6.07, 6.45) is 1.56. The Morgan fingerprint density at radius 2 is 2.05 bits per heavy atom. The van der Waals surface area contributed by atoms with Gasteiger partial charge in [-0.1, -0.05) is 11.6 Å². The van der Waals surface area contributed by atoms with Crippen molar-refractivity contribution in [3.63, 3.8) is 0 Å².